The Balaban J connectivity index is 3.36. The van der Waals surface area contributed by atoms with Gasteiger partial charge in [-0.15, -0.1) is 0 Å². The van der Waals surface area contributed by atoms with E-state index in [2.05, 4.69) is 0 Å². The Hall–Kier alpha value is -1.63. The summed E-state index contributed by atoms with van der Waals surface area (Å²) in [6.45, 7) is 2.45. The van der Waals surface area contributed by atoms with Gasteiger partial charge in [0.25, 0.3) is 0 Å². The van der Waals surface area contributed by atoms with Crippen LogP contribution >= 0.6 is 0 Å². The van der Waals surface area contributed by atoms with Crippen molar-refractivity contribution in [1.82, 2.24) is 4.31 Å². The van der Waals surface area contributed by atoms with E-state index in [0.29, 0.717) is 6.07 Å². The van der Waals surface area contributed by atoms with E-state index < -0.39 is 37.8 Å². The molecule has 9 heteroatoms. The number of hydrogen-bond donors (Lipinski definition) is 1. The summed E-state index contributed by atoms with van der Waals surface area (Å²) in [6, 6.07) is 3.55. The summed E-state index contributed by atoms with van der Waals surface area (Å²) in [5.74, 6) is 0. The fourth-order valence-corrected chi connectivity index (χ4v) is 3.18. The normalized spacial score (nSPS) is 13.2. The molecule has 0 heterocycles. The minimum Gasteiger partial charge on any atom is -0.389 e. The number of nitriles is 1. The minimum absolute atomic E-state index is 0.295. The van der Waals surface area contributed by atoms with Crippen molar-refractivity contribution in [3.8, 4) is 6.07 Å². The summed E-state index contributed by atoms with van der Waals surface area (Å²) in [5.41, 5.74) is -3.31. The summed E-state index contributed by atoms with van der Waals surface area (Å²) in [4.78, 5) is -0.592. The molecule has 0 aliphatic heterocycles. The minimum atomic E-state index is -4.84. The third-order valence-corrected chi connectivity index (χ3v) is 4.53. The molecule has 0 saturated carbocycles. The first-order chi connectivity index (χ1) is 9.79. The second-order valence-electron chi connectivity index (χ2n) is 5.39. The molecule has 0 atom stereocenters. The molecule has 1 aromatic carbocycles. The topological polar surface area (TPSA) is 81.4 Å². The summed E-state index contributed by atoms with van der Waals surface area (Å²) in [7, 11) is -3.06. The molecule has 0 fully saturated rings. The van der Waals surface area contributed by atoms with Crippen LogP contribution in [-0.2, 0) is 16.2 Å². The van der Waals surface area contributed by atoms with E-state index in [9.17, 15) is 26.7 Å². The predicted octanol–water partition coefficient (Wildman–Crippen LogP) is 1.97. The highest BCUT2D eigenvalue weighted by molar-refractivity contribution is 7.89. The number of hydrogen-bond acceptors (Lipinski definition) is 4. The number of likely N-dealkylation sites (N-methyl/N-ethyl adjacent to an activating group) is 1. The number of aliphatic hydroxyl groups is 1. The second kappa shape index (κ2) is 5.87. The van der Waals surface area contributed by atoms with Crippen molar-refractivity contribution in [3.63, 3.8) is 0 Å². The summed E-state index contributed by atoms with van der Waals surface area (Å²) in [5, 5.41) is 18.3. The largest absolute Gasteiger partial charge is 0.417 e. The van der Waals surface area contributed by atoms with Gasteiger partial charge in [0.15, 0.2) is 0 Å². The Kier molecular flexibility index (Phi) is 4.91. The van der Waals surface area contributed by atoms with Crippen molar-refractivity contribution in [2.24, 2.45) is 0 Å². The number of benzene rings is 1. The van der Waals surface area contributed by atoms with Gasteiger partial charge in [-0.25, -0.2) is 8.42 Å². The average molecular weight is 336 g/mol. The standard InChI is InChI=1S/C13H15F3N2O3S/c1-12(2,19)8-18(3)22(20,21)10-5-4-9(7-17)11(6-10)13(14,15)16/h4-6,19H,8H2,1-3H3. The van der Waals surface area contributed by atoms with Crippen molar-refractivity contribution < 1.29 is 26.7 Å². The van der Waals surface area contributed by atoms with Gasteiger partial charge in [-0.05, 0) is 32.0 Å². The molecule has 1 N–H and O–H groups in total. The number of halogens is 3. The van der Waals surface area contributed by atoms with Gasteiger partial charge in [-0.2, -0.15) is 22.7 Å². The third kappa shape index (κ3) is 4.19. The van der Waals surface area contributed by atoms with E-state index in [1.54, 1.807) is 0 Å². The number of alkyl halides is 3. The lowest BCUT2D eigenvalue weighted by Crippen LogP contribution is -2.39. The number of sulfonamides is 1. The quantitative estimate of drug-likeness (QED) is 0.911. The van der Waals surface area contributed by atoms with E-state index in [1.807, 2.05) is 0 Å². The first-order valence-electron chi connectivity index (χ1n) is 6.09. The molecular weight excluding hydrogens is 321 g/mol. The van der Waals surface area contributed by atoms with Gasteiger partial charge >= 0.3 is 6.18 Å². The van der Waals surface area contributed by atoms with Gasteiger partial charge in [-0.1, -0.05) is 0 Å². The van der Waals surface area contributed by atoms with Crippen LogP contribution in [0.15, 0.2) is 23.1 Å². The number of rotatable bonds is 4. The van der Waals surface area contributed by atoms with Crippen molar-refractivity contribution >= 4 is 10.0 Å². The Bertz CT molecular complexity index is 701. The number of nitrogens with zero attached hydrogens (tertiary/aromatic N) is 2. The SMILES string of the molecule is CN(CC(C)(C)O)S(=O)(=O)c1ccc(C#N)c(C(F)(F)F)c1. The molecule has 0 aromatic heterocycles. The highest BCUT2D eigenvalue weighted by atomic mass is 32.2. The average Bonchev–Trinajstić information content (AvgIpc) is 2.34. The van der Waals surface area contributed by atoms with E-state index in [4.69, 9.17) is 5.26 Å². The molecule has 0 aliphatic rings. The first-order valence-corrected chi connectivity index (χ1v) is 7.53. The van der Waals surface area contributed by atoms with Gasteiger partial charge in [-0.3, -0.25) is 0 Å². The first kappa shape index (κ1) is 18.4. The molecule has 0 aliphatic carbocycles. The fourth-order valence-electron chi connectivity index (χ4n) is 1.83. The highest BCUT2D eigenvalue weighted by Gasteiger charge is 2.36. The molecule has 0 amide bonds. The van der Waals surface area contributed by atoms with Crippen LogP contribution in [0, 0.1) is 11.3 Å². The summed E-state index contributed by atoms with van der Waals surface area (Å²) in [6.07, 6.45) is -4.84. The van der Waals surface area contributed by atoms with Crippen LogP contribution in [-0.4, -0.2) is 37.0 Å². The highest BCUT2D eigenvalue weighted by Crippen LogP contribution is 2.33. The van der Waals surface area contributed by atoms with Gasteiger partial charge in [0.05, 0.1) is 27.7 Å². The Morgan fingerprint density at radius 2 is 1.86 bits per heavy atom. The van der Waals surface area contributed by atoms with Crippen LogP contribution in [0.25, 0.3) is 0 Å². The third-order valence-electron chi connectivity index (χ3n) is 2.73. The lowest BCUT2D eigenvalue weighted by molar-refractivity contribution is -0.137. The second-order valence-corrected chi connectivity index (χ2v) is 7.44. The Morgan fingerprint density at radius 1 is 1.32 bits per heavy atom. The zero-order valence-electron chi connectivity index (χ0n) is 12.1. The molecule has 0 unspecified atom stereocenters. The maximum absolute atomic E-state index is 12.9. The van der Waals surface area contributed by atoms with Crippen LogP contribution < -0.4 is 0 Å². The van der Waals surface area contributed by atoms with Crippen LogP contribution in [0.1, 0.15) is 25.0 Å². The van der Waals surface area contributed by atoms with Crippen LogP contribution in [0.2, 0.25) is 0 Å². The van der Waals surface area contributed by atoms with Crippen molar-refractivity contribution in [2.75, 3.05) is 13.6 Å². The van der Waals surface area contributed by atoms with E-state index in [1.165, 1.54) is 19.9 Å². The van der Waals surface area contributed by atoms with Gasteiger partial charge in [0.2, 0.25) is 10.0 Å². The zero-order valence-corrected chi connectivity index (χ0v) is 13.0. The van der Waals surface area contributed by atoms with Gasteiger partial charge in [0, 0.05) is 13.6 Å². The van der Waals surface area contributed by atoms with Crippen molar-refractivity contribution in [2.45, 2.75) is 30.5 Å². The van der Waals surface area contributed by atoms with E-state index in [0.717, 1.165) is 23.5 Å². The maximum atomic E-state index is 12.9. The zero-order chi connectivity index (χ0) is 17.3. The van der Waals surface area contributed by atoms with E-state index >= 15 is 0 Å². The monoisotopic (exact) mass is 336 g/mol. The molecule has 22 heavy (non-hydrogen) atoms. The smallest absolute Gasteiger partial charge is 0.389 e. The van der Waals surface area contributed by atoms with Gasteiger partial charge in [0.1, 0.15) is 0 Å². The molecular formula is C13H15F3N2O3S. The molecule has 122 valence electrons. The van der Waals surface area contributed by atoms with Crippen LogP contribution in [0.3, 0.4) is 0 Å². The van der Waals surface area contributed by atoms with Crippen LogP contribution in [0.4, 0.5) is 13.2 Å². The van der Waals surface area contributed by atoms with Gasteiger partial charge < -0.3 is 5.11 Å². The molecule has 1 aromatic rings. The fraction of sp³-hybridized carbons (Fsp3) is 0.462. The Labute approximate surface area is 126 Å². The predicted molar refractivity (Wildman–Crippen MR) is 72.3 cm³/mol. The Morgan fingerprint density at radius 3 is 2.27 bits per heavy atom. The van der Waals surface area contributed by atoms with E-state index in [-0.39, 0.29) is 6.54 Å². The molecule has 0 saturated heterocycles. The molecule has 0 radical (unpaired) electrons. The summed E-state index contributed by atoms with van der Waals surface area (Å²) >= 11 is 0. The maximum Gasteiger partial charge on any atom is 0.417 e. The van der Waals surface area contributed by atoms with Crippen molar-refractivity contribution in [1.29, 1.82) is 5.26 Å². The summed E-state index contributed by atoms with van der Waals surface area (Å²) < 4.78 is 63.9. The lowest BCUT2D eigenvalue weighted by atomic mass is 10.1. The molecule has 0 spiro atoms. The lowest BCUT2D eigenvalue weighted by Gasteiger charge is -2.25. The molecule has 1 rings (SSSR count). The van der Waals surface area contributed by atoms with Crippen LogP contribution in [0.5, 0.6) is 0 Å². The molecule has 5 nitrogen and oxygen atoms in total. The molecule has 0 bridgehead atoms. The van der Waals surface area contributed by atoms with Crippen molar-refractivity contribution in [3.05, 3.63) is 29.3 Å².